The van der Waals surface area contributed by atoms with Crippen LogP contribution in [0, 0.1) is 0 Å². The zero-order valence-corrected chi connectivity index (χ0v) is 24.8. The molecule has 0 unspecified atom stereocenters. The zero-order valence-electron chi connectivity index (χ0n) is 24.8. The van der Waals surface area contributed by atoms with Crippen LogP contribution in [0.2, 0.25) is 0 Å². The predicted molar refractivity (Wildman–Crippen MR) is 166 cm³/mol. The van der Waals surface area contributed by atoms with Gasteiger partial charge in [-0.2, -0.15) is 0 Å². The molecular formula is C34H51N3O2. The van der Waals surface area contributed by atoms with E-state index in [1.807, 2.05) is 12.4 Å². The molecule has 3 rings (SSSR count). The number of aryl methyl sites for hydroxylation is 4. The molecule has 1 saturated heterocycles. The van der Waals surface area contributed by atoms with Crippen LogP contribution in [0.3, 0.4) is 0 Å². The highest BCUT2D eigenvalue weighted by molar-refractivity contribution is 5.86. The van der Waals surface area contributed by atoms with Gasteiger partial charge in [-0.1, -0.05) is 65.5 Å². The van der Waals surface area contributed by atoms with Crippen LogP contribution in [0.25, 0.3) is 0 Å². The summed E-state index contributed by atoms with van der Waals surface area (Å²) >= 11 is 0. The van der Waals surface area contributed by atoms with E-state index in [1.165, 1.54) is 11.1 Å². The first-order valence-electron chi connectivity index (χ1n) is 15.5. The number of nitrogens with zero attached hydrogens (tertiary/aromatic N) is 2. The Morgan fingerprint density at radius 3 is 1.41 bits per heavy atom. The monoisotopic (exact) mass is 533 g/mol. The summed E-state index contributed by atoms with van der Waals surface area (Å²) in [5, 5.41) is 25.4. The van der Waals surface area contributed by atoms with Gasteiger partial charge in [0, 0.05) is 36.6 Å². The Kier molecular flexibility index (Phi) is 13.0. The van der Waals surface area contributed by atoms with Gasteiger partial charge >= 0.3 is 0 Å². The van der Waals surface area contributed by atoms with Crippen molar-refractivity contribution in [1.82, 2.24) is 5.32 Å². The number of hydrogen-bond donors (Lipinski definition) is 3. The van der Waals surface area contributed by atoms with Gasteiger partial charge in [0.05, 0.1) is 12.1 Å². The largest absolute Gasteiger partial charge is 0.507 e. The molecule has 1 aliphatic rings. The Morgan fingerprint density at radius 1 is 0.641 bits per heavy atom. The van der Waals surface area contributed by atoms with E-state index in [0.717, 1.165) is 112 Å². The van der Waals surface area contributed by atoms with Gasteiger partial charge in [0.1, 0.15) is 11.5 Å². The highest BCUT2D eigenvalue weighted by Crippen LogP contribution is 2.28. The molecule has 2 aromatic carbocycles. The Labute approximate surface area is 236 Å². The lowest BCUT2D eigenvalue weighted by molar-refractivity contribution is 0.465. The van der Waals surface area contributed by atoms with E-state index in [-0.39, 0.29) is 12.1 Å². The number of aliphatic imine (C=N–C) groups is 2. The van der Waals surface area contributed by atoms with Crippen LogP contribution >= 0.6 is 0 Å². The van der Waals surface area contributed by atoms with E-state index in [9.17, 15) is 10.2 Å². The summed E-state index contributed by atoms with van der Waals surface area (Å²) in [5.74, 6) is 0.735. The van der Waals surface area contributed by atoms with E-state index < -0.39 is 0 Å². The smallest absolute Gasteiger partial charge is 0.127 e. The van der Waals surface area contributed by atoms with Gasteiger partial charge < -0.3 is 15.5 Å². The maximum Gasteiger partial charge on any atom is 0.127 e. The molecule has 0 radical (unpaired) electrons. The summed E-state index contributed by atoms with van der Waals surface area (Å²) in [6.07, 6.45) is 16.5. The number of phenolic OH excluding ortho intramolecular Hbond substituents is 2. The molecule has 3 N–H and O–H groups in total. The van der Waals surface area contributed by atoms with Crippen LogP contribution in [0.5, 0.6) is 11.5 Å². The summed E-state index contributed by atoms with van der Waals surface area (Å²) < 4.78 is 0. The van der Waals surface area contributed by atoms with Crippen LogP contribution in [0.15, 0.2) is 34.3 Å². The average molecular weight is 534 g/mol. The molecule has 2 atom stereocenters. The molecule has 0 amide bonds. The van der Waals surface area contributed by atoms with Crippen molar-refractivity contribution in [2.24, 2.45) is 9.98 Å². The Bertz CT molecular complexity index is 1010. The van der Waals surface area contributed by atoms with E-state index in [4.69, 9.17) is 9.98 Å². The lowest BCUT2D eigenvalue weighted by Crippen LogP contribution is -2.20. The minimum absolute atomic E-state index is 0.0102. The second-order valence-corrected chi connectivity index (χ2v) is 11.1. The van der Waals surface area contributed by atoms with E-state index in [1.54, 1.807) is 0 Å². The molecule has 39 heavy (non-hydrogen) atoms. The Hall–Kier alpha value is -2.66. The summed E-state index contributed by atoms with van der Waals surface area (Å²) in [7, 11) is 0. The first-order chi connectivity index (χ1) is 19.0. The normalized spacial score (nSPS) is 17.6. The topological polar surface area (TPSA) is 77.2 Å². The third kappa shape index (κ3) is 9.20. The number of phenols is 2. The van der Waals surface area contributed by atoms with Crippen molar-refractivity contribution in [2.45, 2.75) is 117 Å². The molecule has 1 fully saturated rings. The predicted octanol–water partition coefficient (Wildman–Crippen LogP) is 7.35. The fourth-order valence-corrected chi connectivity index (χ4v) is 5.24. The lowest BCUT2D eigenvalue weighted by Gasteiger charge is -2.14. The third-order valence-corrected chi connectivity index (χ3v) is 7.75. The van der Waals surface area contributed by atoms with Crippen LogP contribution in [0.4, 0.5) is 0 Å². The molecule has 1 heterocycles. The Morgan fingerprint density at radius 2 is 1.03 bits per heavy atom. The van der Waals surface area contributed by atoms with Gasteiger partial charge in [-0.3, -0.25) is 9.98 Å². The van der Waals surface area contributed by atoms with E-state index in [2.05, 4.69) is 57.3 Å². The number of nitrogens with one attached hydrogen (secondary N) is 1. The zero-order chi connectivity index (χ0) is 28.0. The minimum atomic E-state index is -0.0102. The van der Waals surface area contributed by atoms with Gasteiger partial charge in [0.2, 0.25) is 0 Å². The first kappa shape index (κ1) is 30.9. The maximum atomic E-state index is 11.0. The van der Waals surface area contributed by atoms with Gasteiger partial charge in [-0.05, 0) is 85.8 Å². The molecule has 2 aromatic rings. The SMILES string of the molecule is CCCCc1cc(C=N[C@H]2CNC[C@@H]2N=Cc2cc(CCCC)cc(CCCC)c2O)c(O)c(CCCC)c1. The van der Waals surface area contributed by atoms with Gasteiger partial charge in [-0.15, -0.1) is 0 Å². The third-order valence-electron chi connectivity index (χ3n) is 7.75. The average Bonchev–Trinajstić information content (AvgIpc) is 3.40. The molecular weight excluding hydrogens is 482 g/mol. The van der Waals surface area contributed by atoms with Gasteiger partial charge in [-0.25, -0.2) is 0 Å². The molecule has 1 aliphatic heterocycles. The summed E-state index contributed by atoms with van der Waals surface area (Å²) in [6, 6.07) is 8.54. The van der Waals surface area contributed by atoms with Crippen LogP contribution in [-0.2, 0) is 25.7 Å². The number of aromatic hydroxyl groups is 2. The molecule has 214 valence electrons. The number of benzene rings is 2. The second kappa shape index (κ2) is 16.4. The van der Waals surface area contributed by atoms with Crippen LogP contribution in [-0.4, -0.2) is 47.8 Å². The number of unbranched alkanes of at least 4 members (excludes halogenated alkanes) is 4. The maximum absolute atomic E-state index is 11.0. The number of hydrogen-bond acceptors (Lipinski definition) is 5. The quantitative estimate of drug-likeness (QED) is 0.197. The van der Waals surface area contributed by atoms with Crippen molar-refractivity contribution in [3.05, 3.63) is 57.6 Å². The molecule has 0 bridgehead atoms. The Balaban J connectivity index is 1.81. The molecule has 5 heteroatoms. The van der Waals surface area contributed by atoms with Crippen molar-refractivity contribution in [1.29, 1.82) is 0 Å². The molecule has 0 spiro atoms. The minimum Gasteiger partial charge on any atom is -0.507 e. The van der Waals surface area contributed by atoms with Gasteiger partial charge in [0.15, 0.2) is 0 Å². The fourth-order valence-electron chi connectivity index (χ4n) is 5.24. The van der Waals surface area contributed by atoms with Crippen LogP contribution in [0.1, 0.15) is 112 Å². The van der Waals surface area contributed by atoms with Crippen LogP contribution < -0.4 is 5.32 Å². The molecule has 0 aliphatic carbocycles. The first-order valence-corrected chi connectivity index (χ1v) is 15.5. The highest BCUT2D eigenvalue weighted by Gasteiger charge is 2.25. The second-order valence-electron chi connectivity index (χ2n) is 11.1. The van der Waals surface area contributed by atoms with Crippen molar-refractivity contribution < 1.29 is 10.2 Å². The van der Waals surface area contributed by atoms with Gasteiger partial charge in [0.25, 0.3) is 0 Å². The van der Waals surface area contributed by atoms with Crippen molar-refractivity contribution in [3.63, 3.8) is 0 Å². The highest BCUT2D eigenvalue weighted by atomic mass is 16.3. The summed E-state index contributed by atoms with van der Waals surface area (Å²) in [5.41, 5.74) is 6.24. The van der Waals surface area contributed by atoms with Crippen molar-refractivity contribution in [2.75, 3.05) is 13.1 Å². The van der Waals surface area contributed by atoms with Crippen molar-refractivity contribution >= 4 is 12.4 Å². The lowest BCUT2D eigenvalue weighted by atomic mass is 9.97. The summed E-state index contributed by atoms with van der Waals surface area (Å²) in [4.78, 5) is 9.81. The summed E-state index contributed by atoms with van der Waals surface area (Å²) in [6.45, 7) is 10.3. The van der Waals surface area contributed by atoms with Crippen molar-refractivity contribution in [3.8, 4) is 11.5 Å². The molecule has 0 aromatic heterocycles. The fraction of sp³-hybridized carbons (Fsp3) is 0.588. The molecule has 5 nitrogen and oxygen atoms in total. The standard InChI is InChI=1S/C34H51N3O2/c1-5-9-13-25-17-27(15-11-7-3)33(38)29(19-25)21-36-31-23-35-24-32(31)37-22-30-20-26(14-10-6-2)18-28(34(30)39)16-12-8-4/h17-22,31-32,35,38-39H,5-16,23-24H2,1-4H3/t31-,32-/m0/s1. The van der Waals surface area contributed by atoms with E-state index in [0.29, 0.717) is 11.5 Å². The number of rotatable bonds is 16. The van der Waals surface area contributed by atoms with E-state index >= 15 is 0 Å². The molecule has 0 saturated carbocycles.